The molecule has 0 heterocycles. The molecule has 1 heteroatoms. The number of hydrogen-bond acceptors (Lipinski definition) is 0. The molecule has 28 heavy (non-hydrogen) atoms. The number of fused-ring (bicyclic) bond motifs is 1. The first kappa shape index (κ1) is 20.4. The molecule has 0 amide bonds. The molecule has 0 spiro atoms. The quantitative estimate of drug-likeness (QED) is 0.431. The summed E-state index contributed by atoms with van der Waals surface area (Å²) in [5.74, 6) is 5.62. The Labute approximate surface area is 172 Å². The van der Waals surface area contributed by atoms with Crippen LogP contribution in [0.4, 0.5) is 4.39 Å². The Balaban J connectivity index is 1.23. The summed E-state index contributed by atoms with van der Waals surface area (Å²) in [6.07, 6.45) is 20.2. The van der Waals surface area contributed by atoms with Crippen LogP contribution < -0.4 is 0 Å². The van der Waals surface area contributed by atoms with Crippen molar-refractivity contribution < 1.29 is 4.39 Å². The molecule has 3 aliphatic carbocycles. The van der Waals surface area contributed by atoms with E-state index >= 15 is 0 Å². The van der Waals surface area contributed by atoms with Crippen LogP contribution in [0.15, 0.2) is 24.3 Å². The Kier molecular flexibility index (Phi) is 7.13. The highest BCUT2D eigenvalue weighted by Crippen LogP contribution is 2.50. The first-order valence-corrected chi connectivity index (χ1v) is 12.5. The summed E-state index contributed by atoms with van der Waals surface area (Å²) in [6.45, 7) is 2.32. The largest absolute Gasteiger partial charge is 0.207 e. The zero-order chi connectivity index (χ0) is 19.3. The number of benzene rings is 1. The average Bonchev–Trinajstić information content (AvgIpc) is 2.74. The fourth-order valence-corrected chi connectivity index (χ4v) is 7.08. The van der Waals surface area contributed by atoms with E-state index in [1.54, 1.807) is 18.6 Å². The van der Waals surface area contributed by atoms with Crippen LogP contribution in [0, 0.1) is 35.4 Å². The summed E-state index contributed by atoms with van der Waals surface area (Å²) in [5, 5.41) is 0. The molecule has 0 aromatic heterocycles. The highest BCUT2D eigenvalue weighted by Gasteiger charge is 2.38. The fraction of sp³-hybridized carbons (Fsp3) is 0.778. The molecule has 0 radical (unpaired) electrons. The van der Waals surface area contributed by atoms with Crippen LogP contribution in [0.25, 0.3) is 0 Å². The fourth-order valence-electron chi connectivity index (χ4n) is 7.08. The van der Waals surface area contributed by atoms with Crippen molar-refractivity contribution >= 4 is 0 Å². The van der Waals surface area contributed by atoms with Crippen molar-refractivity contribution in [1.29, 1.82) is 0 Å². The normalized spacial score (nSPS) is 36.1. The second kappa shape index (κ2) is 9.77. The predicted octanol–water partition coefficient (Wildman–Crippen LogP) is 8.51. The first-order chi connectivity index (χ1) is 13.7. The van der Waals surface area contributed by atoms with E-state index in [4.69, 9.17) is 0 Å². The molecule has 1 aromatic carbocycles. The minimum atomic E-state index is -0.0664. The average molecular weight is 385 g/mol. The van der Waals surface area contributed by atoms with Crippen LogP contribution in [0.1, 0.15) is 108 Å². The highest BCUT2D eigenvalue weighted by molar-refractivity contribution is 5.21. The first-order valence-electron chi connectivity index (χ1n) is 12.5. The van der Waals surface area contributed by atoms with Gasteiger partial charge in [0.05, 0.1) is 0 Å². The molecule has 0 nitrogen and oxygen atoms in total. The summed E-state index contributed by atoms with van der Waals surface area (Å²) in [4.78, 5) is 0. The summed E-state index contributed by atoms with van der Waals surface area (Å²) in [5.41, 5.74) is 1.24. The van der Waals surface area contributed by atoms with Gasteiger partial charge in [-0.3, -0.25) is 0 Å². The lowest BCUT2D eigenvalue weighted by Crippen LogP contribution is -2.34. The van der Waals surface area contributed by atoms with Crippen LogP contribution >= 0.6 is 0 Å². The monoisotopic (exact) mass is 384 g/mol. The Bertz CT molecular complexity index is 600. The van der Waals surface area contributed by atoms with Gasteiger partial charge in [-0.05, 0) is 111 Å². The third-order valence-corrected chi connectivity index (χ3v) is 8.74. The van der Waals surface area contributed by atoms with Crippen LogP contribution in [-0.4, -0.2) is 0 Å². The Morgan fingerprint density at radius 2 is 1.46 bits per heavy atom. The second-order valence-corrected chi connectivity index (χ2v) is 10.4. The number of rotatable bonds is 6. The molecule has 156 valence electrons. The van der Waals surface area contributed by atoms with E-state index in [0.717, 1.165) is 29.6 Å². The van der Waals surface area contributed by atoms with Crippen molar-refractivity contribution in [1.82, 2.24) is 0 Å². The third-order valence-electron chi connectivity index (χ3n) is 8.74. The Morgan fingerprint density at radius 3 is 2.21 bits per heavy atom. The van der Waals surface area contributed by atoms with Crippen LogP contribution in [-0.2, 0) is 0 Å². The van der Waals surface area contributed by atoms with Crippen molar-refractivity contribution in [3.63, 3.8) is 0 Å². The molecule has 0 aliphatic heterocycles. The molecule has 0 unspecified atom stereocenters. The Morgan fingerprint density at radius 1 is 0.786 bits per heavy atom. The van der Waals surface area contributed by atoms with E-state index in [-0.39, 0.29) is 5.82 Å². The molecule has 0 bridgehead atoms. The van der Waals surface area contributed by atoms with Gasteiger partial charge in [-0.25, -0.2) is 4.39 Å². The lowest BCUT2D eigenvalue weighted by atomic mass is 9.60. The summed E-state index contributed by atoms with van der Waals surface area (Å²) in [6, 6.07) is 7.37. The molecular weight excluding hydrogens is 343 g/mol. The third kappa shape index (κ3) is 5.00. The van der Waals surface area contributed by atoms with Gasteiger partial charge < -0.3 is 0 Å². The summed E-state index contributed by atoms with van der Waals surface area (Å²) >= 11 is 0. The van der Waals surface area contributed by atoms with Crippen molar-refractivity contribution in [2.45, 2.75) is 103 Å². The standard InChI is InChI=1S/C27H41F/c1-2-3-4-6-20-9-10-26-18-25(16-15-24(26)17-20)22-13-11-21(12-14-22)23-7-5-8-27(28)19-23/h5,7-8,19-22,24-26H,2-4,6,9-18H2,1H3/t20-,21?,22?,24-,25+,26+/m0/s1. The van der Waals surface area contributed by atoms with E-state index in [2.05, 4.69) is 13.0 Å². The van der Waals surface area contributed by atoms with Crippen molar-refractivity contribution in [3.05, 3.63) is 35.6 Å². The summed E-state index contributed by atoms with van der Waals surface area (Å²) in [7, 11) is 0. The number of hydrogen-bond donors (Lipinski definition) is 0. The van der Waals surface area contributed by atoms with Gasteiger partial charge in [0.25, 0.3) is 0 Å². The van der Waals surface area contributed by atoms with E-state index in [1.165, 1.54) is 89.0 Å². The van der Waals surface area contributed by atoms with Crippen molar-refractivity contribution in [2.75, 3.05) is 0 Å². The van der Waals surface area contributed by atoms with Gasteiger partial charge in [0.15, 0.2) is 0 Å². The zero-order valence-electron chi connectivity index (χ0n) is 18.1. The van der Waals surface area contributed by atoms with E-state index in [9.17, 15) is 4.39 Å². The van der Waals surface area contributed by atoms with Gasteiger partial charge in [0.1, 0.15) is 5.82 Å². The minimum Gasteiger partial charge on any atom is -0.207 e. The lowest BCUT2D eigenvalue weighted by molar-refractivity contribution is 0.0614. The number of unbranched alkanes of at least 4 members (excludes halogenated alkanes) is 2. The van der Waals surface area contributed by atoms with Crippen molar-refractivity contribution in [2.24, 2.45) is 29.6 Å². The van der Waals surface area contributed by atoms with E-state index in [1.807, 2.05) is 6.07 Å². The van der Waals surface area contributed by atoms with E-state index in [0.29, 0.717) is 5.92 Å². The topological polar surface area (TPSA) is 0 Å². The molecule has 3 saturated carbocycles. The molecule has 0 saturated heterocycles. The molecule has 3 aliphatic rings. The maximum Gasteiger partial charge on any atom is 0.123 e. The minimum absolute atomic E-state index is 0.0664. The van der Waals surface area contributed by atoms with Crippen LogP contribution in [0.3, 0.4) is 0 Å². The summed E-state index contributed by atoms with van der Waals surface area (Å²) < 4.78 is 13.6. The molecule has 0 N–H and O–H groups in total. The molecule has 1 aromatic rings. The molecule has 4 atom stereocenters. The highest BCUT2D eigenvalue weighted by atomic mass is 19.1. The second-order valence-electron chi connectivity index (χ2n) is 10.4. The van der Waals surface area contributed by atoms with Gasteiger partial charge in [-0.1, -0.05) is 51.2 Å². The van der Waals surface area contributed by atoms with Crippen LogP contribution in [0.5, 0.6) is 0 Å². The zero-order valence-corrected chi connectivity index (χ0v) is 18.1. The smallest absolute Gasteiger partial charge is 0.123 e. The van der Waals surface area contributed by atoms with Gasteiger partial charge in [0.2, 0.25) is 0 Å². The maximum absolute atomic E-state index is 13.6. The van der Waals surface area contributed by atoms with Gasteiger partial charge in [-0.2, -0.15) is 0 Å². The van der Waals surface area contributed by atoms with Crippen molar-refractivity contribution in [3.8, 4) is 0 Å². The SMILES string of the molecule is CCCCC[C@H]1CC[C@@H]2C[C@H](C3CCC(c4cccc(F)c4)CC3)CC[C@H]2C1. The Hall–Kier alpha value is -0.850. The molecule has 3 fully saturated rings. The molecular formula is C27H41F. The van der Waals surface area contributed by atoms with E-state index < -0.39 is 0 Å². The number of halogens is 1. The van der Waals surface area contributed by atoms with Crippen LogP contribution in [0.2, 0.25) is 0 Å². The molecule has 4 rings (SSSR count). The van der Waals surface area contributed by atoms with Gasteiger partial charge in [-0.15, -0.1) is 0 Å². The van der Waals surface area contributed by atoms with Gasteiger partial charge >= 0.3 is 0 Å². The predicted molar refractivity (Wildman–Crippen MR) is 117 cm³/mol. The maximum atomic E-state index is 13.6. The lowest BCUT2D eigenvalue weighted by Gasteiger charge is -2.45. The van der Waals surface area contributed by atoms with Gasteiger partial charge in [0, 0.05) is 0 Å².